The Bertz CT molecular complexity index is 437. The molecule has 0 fully saturated rings. The highest BCUT2D eigenvalue weighted by Gasteiger charge is 1.96. The number of rotatable bonds is 1. The summed E-state index contributed by atoms with van der Waals surface area (Å²) in [6.07, 6.45) is 1.83. The summed E-state index contributed by atoms with van der Waals surface area (Å²) in [4.78, 5) is 4.14. The van der Waals surface area contributed by atoms with Crippen LogP contribution in [0.5, 0.6) is 5.88 Å². The van der Waals surface area contributed by atoms with Gasteiger partial charge in [-0.2, -0.15) is 0 Å². The van der Waals surface area contributed by atoms with Crippen molar-refractivity contribution < 1.29 is 4.74 Å². The van der Waals surface area contributed by atoms with Crippen molar-refractivity contribution in [3.8, 4) is 5.88 Å². The molecular formula is C11H11NO. The van der Waals surface area contributed by atoms with Crippen molar-refractivity contribution in [3.05, 3.63) is 36.0 Å². The Balaban J connectivity index is 2.66. The van der Waals surface area contributed by atoms with Gasteiger partial charge in [-0.05, 0) is 18.4 Å². The molecule has 0 saturated carbocycles. The van der Waals surface area contributed by atoms with E-state index in [1.165, 1.54) is 5.56 Å². The van der Waals surface area contributed by atoms with Crippen LogP contribution in [0.15, 0.2) is 30.5 Å². The van der Waals surface area contributed by atoms with Gasteiger partial charge in [0.05, 0.1) is 7.11 Å². The molecule has 0 bridgehead atoms. The smallest absolute Gasteiger partial charge is 0.213 e. The van der Waals surface area contributed by atoms with Gasteiger partial charge < -0.3 is 4.74 Å². The van der Waals surface area contributed by atoms with E-state index in [9.17, 15) is 0 Å². The van der Waals surface area contributed by atoms with E-state index in [1.54, 1.807) is 7.11 Å². The second-order valence-electron chi connectivity index (χ2n) is 3.08. The molecule has 0 N–H and O–H groups in total. The van der Waals surface area contributed by atoms with Crippen LogP contribution in [-0.4, -0.2) is 12.1 Å². The molecule has 13 heavy (non-hydrogen) atoms. The fraction of sp³-hybridized carbons (Fsp3) is 0.182. The highest BCUT2D eigenvalue weighted by molar-refractivity contribution is 5.83. The SMILES string of the molecule is COc1cc2ccc(C)cc2cn1. The fourth-order valence-electron chi connectivity index (χ4n) is 1.35. The third-order valence-electron chi connectivity index (χ3n) is 2.06. The number of ether oxygens (including phenoxy) is 1. The molecule has 0 amide bonds. The molecule has 2 rings (SSSR count). The van der Waals surface area contributed by atoms with Crippen LogP contribution in [0.2, 0.25) is 0 Å². The predicted octanol–water partition coefficient (Wildman–Crippen LogP) is 2.55. The van der Waals surface area contributed by atoms with Gasteiger partial charge in [-0.15, -0.1) is 0 Å². The summed E-state index contributed by atoms with van der Waals surface area (Å²) in [6, 6.07) is 8.22. The Morgan fingerprint density at radius 1 is 1.15 bits per heavy atom. The lowest BCUT2D eigenvalue weighted by Gasteiger charge is -2.01. The van der Waals surface area contributed by atoms with Crippen molar-refractivity contribution in [2.24, 2.45) is 0 Å². The average molecular weight is 173 g/mol. The Labute approximate surface area is 77.2 Å². The molecule has 0 saturated heterocycles. The van der Waals surface area contributed by atoms with E-state index in [4.69, 9.17) is 4.74 Å². The van der Waals surface area contributed by atoms with Crippen molar-refractivity contribution in [2.75, 3.05) is 7.11 Å². The minimum Gasteiger partial charge on any atom is -0.481 e. The van der Waals surface area contributed by atoms with Gasteiger partial charge in [-0.1, -0.05) is 17.7 Å². The summed E-state index contributed by atoms with van der Waals surface area (Å²) < 4.78 is 5.04. The number of aromatic nitrogens is 1. The Morgan fingerprint density at radius 2 is 2.00 bits per heavy atom. The molecule has 1 heterocycles. The lowest BCUT2D eigenvalue weighted by Crippen LogP contribution is -1.86. The first-order chi connectivity index (χ1) is 6.29. The van der Waals surface area contributed by atoms with Crippen LogP contribution in [0, 0.1) is 6.92 Å². The largest absolute Gasteiger partial charge is 0.481 e. The standard InChI is InChI=1S/C11H11NO/c1-8-3-4-9-6-11(13-2)12-7-10(9)5-8/h3-7H,1-2H3. The number of aryl methyl sites for hydroxylation is 1. The minimum atomic E-state index is 0.663. The molecular weight excluding hydrogens is 162 g/mol. The van der Waals surface area contributed by atoms with Crippen LogP contribution in [0.1, 0.15) is 5.56 Å². The molecule has 0 aliphatic carbocycles. The maximum Gasteiger partial charge on any atom is 0.213 e. The first kappa shape index (κ1) is 8.05. The Morgan fingerprint density at radius 3 is 2.77 bits per heavy atom. The third kappa shape index (κ3) is 1.47. The summed E-state index contributed by atoms with van der Waals surface area (Å²) in [5.41, 5.74) is 1.25. The van der Waals surface area contributed by atoms with Gasteiger partial charge in [0.15, 0.2) is 0 Å². The zero-order valence-corrected chi connectivity index (χ0v) is 7.74. The molecule has 0 atom stereocenters. The quantitative estimate of drug-likeness (QED) is 0.661. The number of methoxy groups -OCH3 is 1. The molecule has 0 spiro atoms. The zero-order chi connectivity index (χ0) is 9.26. The molecule has 2 heteroatoms. The predicted molar refractivity (Wildman–Crippen MR) is 53.0 cm³/mol. The van der Waals surface area contributed by atoms with Crippen LogP contribution in [0.3, 0.4) is 0 Å². The highest BCUT2D eigenvalue weighted by Crippen LogP contribution is 2.18. The second kappa shape index (κ2) is 3.05. The summed E-state index contributed by atoms with van der Waals surface area (Å²) in [7, 11) is 1.63. The van der Waals surface area contributed by atoms with Gasteiger partial charge in [-0.25, -0.2) is 4.98 Å². The van der Waals surface area contributed by atoms with Crippen LogP contribution in [-0.2, 0) is 0 Å². The number of pyridine rings is 1. The van der Waals surface area contributed by atoms with E-state index < -0.39 is 0 Å². The molecule has 1 aromatic carbocycles. The zero-order valence-electron chi connectivity index (χ0n) is 7.74. The van der Waals surface area contributed by atoms with E-state index in [1.807, 2.05) is 12.3 Å². The topological polar surface area (TPSA) is 22.1 Å². The van der Waals surface area contributed by atoms with Gasteiger partial charge in [-0.3, -0.25) is 0 Å². The van der Waals surface area contributed by atoms with E-state index in [2.05, 4.69) is 30.1 Å². The van der Waals surface area contributed by atoms with Crippen molar-refractivity contribution in [3.63, 3.8) is 0 Å². The van der Waals surface area contributed by atoms with Crippen molar-refractivity contribution in [1.82, 2.24) is 4.98 Å². The van der Waals surface area contributed by atoms with Gasteiger partial charge in [0.1, 0.15) is 0 Å². The molecule has 0 unspecified atom stereocenters. The number of nitrogens with zero attached hydrogens (tertiary/aromatic N) is 1. The molecule has 66 valence electrons. The molecule has 0 aliphatic rings. The Hall–Kier alpha value is -1.57. The molecule has 0 radical (unpaired) electrons. The molecule has 0 aliphatic heterocycles. The lowest BCUT2D eigenvalue weighted by molar-refractivity contribution is 0.399. The van der Waals surface area contributed by atoms with Gasteiger partial charge in [0, 0.05) is 17.6 Å². The first-order valence-electron chi connectivity index (χ1n) is 4.20. The summed E-state index contributed by atoms with van der Waals surface area (Å²) in [5.74, 6) is 0.663. The number of hydrogen-bond donors (Lipinski definition) is 0. The van der Waals surface area contributed by atoms with E-state index in [0.29, 0.717) is 5.88 Å². The Kier molecular flexibility index (Phi) is 1.89. The van der Waals surface area contributed by atoms with Gasteiger partial charge in [0.25, 0.3) is 0 Å². The minimum absolute atomic E-state index is 0.663. The van der Waals surface area contributed by atoms with Crippen molar-refractivity contribution >= 4 is 10.8 Å². The van der Waals surface area contributed by atoms with E-state index in [0.717, 1.165) is 10.8 Å². The summed E-state index contributed by atoms with van der Waals surface area (Å²) >= 11 is 0. The van der Waals surface area contributed by atoms with Crippen molar-refractivity contribution in [1.29, 1.82) is 0 Å². The second-order valence-corrected chi connectivity index (χ2v) is 3.08. The lowest BCUT2D eigenvalue weighted by atomic mass is 10.1. The summed E-state index contributed by atoms with van der Waals surface area (Å²) in [6.45, 7) is 2.07. The maximum atomic E-state index is 5.04. The number of hydrogen-bond acceptors (Lipinski definition) is 2. The van der Waals surface area contributed by atoms with Gasteiger partial charge in [0.2, 0.25) is 5.88 Å². The first-order valence-corrected chi connectivity index (χ1v) is 4.20. The highest BCUT2D eigenvalue weighted by atomic mass is 16.5. The average Bonchev–Trinajstić information content (AvgIpc) is 2.17. The molecule has 1 aromatic heterocycles. The maximum absolute atomic E-state index is 5.04. The van der Waals surface area contributed by atoms with Crippen LogP contribution in [0.25, 0.3) is 10.8 Å². The number of fused-ring (bicyclic) bond motifs is 1. The monoisotopic (exact) mass is 173 g/mol. The summed E-state index contributed by atoms with van der Waals surface area (Å²) in [5, 5.41) is 2.32. The molecule has 2 aromatic rings. The van der Waals surface area contributed by atoms with Crippen LogP contribution in [0.4, 0.5) is 0 Å². The fourth-order valence-corrected chi connectivity index (χ4v) is 1.35. The normalized spacial score (nSPS) is 10.3. The van der Waals surface area contributed by atoms with Crippen molar-refractivity contribution in [2.45, 2.75) is 6.92 Å². The van der Waals surface area contributed by atoms with E-state index >= 15 is 0 Å². The third-order valence-corrected chi connectivity index (χ3v) is 2.06. The van der Waals surface area contributed by atoms with Gasteiger partial charge >= 0.3 is 0 Å². The molecule has 2 nitrogen and oxygen atoms in total. The number of benzene rings is 1. The van der Waals surface area contributed by atoms with E-state index in [-0.39, 0.29) is 0 Å². The van der Waals surface area contributed by atoms with Crippen LogP contribution >= 0.6 is 0 Å². The van der Waals surface area contributed by atoms with Crippen LogP contribution < -0.4 is 4.74 Å².